The van der Waals surface area contributed by atoms with Crippen LogP contribution in [0.2, 0.25) is 0 Å². The molecule has 0 saturated carbocycles. The lowest BCUT2D eigenvalue weighted by molar-refractivity contribution is -0.130. The van der Waals surface area contributed by atoms with Crippen molar-refractivity contribution in [3.05, 3.63) is 83.4 Å². The number of aromatic nitrogens is 3. The minimum absolute atomic E-state index is 0.00409. The van der Waals surface area contributed by atoms with Crippen molar-refractivity contribution in [3.63, 3.8) is 0 Å². The fourth-order valence-electron chi connectivity index (χ4n) is 6.54. The number of benzene rings is 2. The molecule has 202 valence electrons. The molecule has 39 heavy (non-hydrogen) atoms. The smallest absolute Gasteiger partial charge is 0.263 e. The zero-order valence-electron chi connectivity index (χ0n) is 22.4. The molecule has 2 aliphatic rings. The molecule has 2 fully saturated rings. The lowest BCUT2D eigenvalue weighted by atomic mass is 9.79. The van der Waals surface area contributed by atoms with Crippen LogP contribution in [0.25, 0.3) is 16.8 Å². The van der Waals surface area contributed by atoms with Crippen LogP contribution in [0.3, 0.4) is 0 Å². The third-order valence-electron chi connectivity index (χ3n) is 8.73. The summed E-state index contributed by atoms with van der Waals surface area (Å²) in [5.41, 5.74) is 10.7. The van der Waals surface area contributed by atoms with E-state index in [-0.39, 0.29) is 34.8 Å². The van der Waals surface area contributed by atoms with E-state index >= 15 is 0 Å². The summed E-state index contributed by atoms with van der Waals surface area (Å²) in [7, 11) is 0. The van der Waals surface area contributed by atoms with Crippen LogP contribution in [0.15, 0.2) is 60.9 Å². The van der Waals surface area contributed by atoms with Gasteiger partial charge in [0.1, 0.15) is 22.9 Å². The number of amides is 1. The predicted octanol–water partition coefficient (Wildman–Crippen LogP) is 6.57. The fraction of sp³-hybridized carbons (Fsp3) is 0.387. The van der Waals surface area contributed by atoms with Crippen LogP contribution in [0.5, 0.6) is 0 Å². The number of anilines is 1. The Morgan fingerprint density at radius 3 is 2.54 bits per heavy atom. The van der Waals surface area contributed by atoms with Gasteiger partial charge in [0, 0.05) is 54.4 Å². The molecular weight excluding hydrogens is 496 g/mol. The molecule has 4 heterocycles. The topological polar surface area (TPSA) is 76.5 Å². The first-order chi connectivity index (χ1) is 18.6. The van der Waals surface area contributed by atoms with Crippen molar-refractivity contribution < 1.29 is 13.6 Å². The number of nitrogens with two attached hydrogens (primary N) is 1. The monoisotopic (exact) mass is 529 g/mol. The molecule has 2 aliphatic heterocycles. The average Bonchev–Trinajstić information content (AvgIpc) is 3.43. The quantitative estimate of drug-likeness (QED) is 0.317. The molecule has 8 heteroatoms. The fourth-order valence-corrected chi connectivity index (χ4v) is 6.54. The van der Waals surface area contributed by atoms with Gasteiger partial charge >= 0.3 is 0 Å². The molecule has 0 aliphatic carbocycles. The summed E-state index contributed by atoms with van der Waals surface area (Å²) < 4.78 is 28.5. The van der Waals surface area contributed by atoms with E-state index < -0.39 is 6.43 Å². The minimum Gasteiger partial charge on any atom is -0.382 e. The van der Waals surface area contributed by atoms with Gasteiger partial charge in [-0.1, -0.05) is 63.2 Å². The number of hydrogen-bond acceptors (Lipinski definition) is 4. The molecule has 2 aromatic carbocycles. The third-order valence-corrected chi connectivity index (χ3v) is 8.73. The Kier molecular flexibility index (Phi) is 6.16. The second kappa shape index (κ2) is 9.43. The lowest BCUT2D eigenvalue weighted by Gasteiger charge is -2.39. The van der Waals surface area contributed by atoms with Crippen LogP contribution in [-0.2, 0) is 4.79 Å². The molecule has 2 saturated heterocycles. The maximum Gasteiger partial charge on any atom is 0.263 e. The number of alkyl halides is 2. The highest BCUT2D eigenvalue weighted by atomic mass is 19.3. The summed E-state index contributed by atoms with van der Waals surface area (Å²) >= 11 is 0. The van der Waals surface area contributed by atoms with Crippen molar-refractivity contribution in [2.45, 2.75) is 64.3 Å². The number of hydrogen-bond donors (Lipinski definition) is 1. The highest BCUT2D eigenvalue weighted by molar-refractivity contribution is 5.85. The van der Waals surface area contributed by atoms with Crippen LogP contribution >= 0.6 is 0 Å². The molecule has 0 radical (unpaired) electrons. The number of nitrogens with zero attached hydrogens (tertiary/aromatic N) is 4. The summed E-state index contributed by atoms with van der Waals surface area (Å²) in [5.74, 6) is 1.58. The van der Waals surface area contributed by atoms with Crippen molar-refractivity contribution >= 4 is 17.2 Å². The summed E-state index contributed by atoms with van der Waals surface area (Å²) in [5, 5.41) is 0. The molecule has 0 spiro atoms. The van der Waals surface area contributed by atoms with Gasteiger partial charge in [-0.15, -0.1) is 0 Å². The Morgan fingerprint density at radius 1 is 1.05 bits per heavy atom. The van der Waals surface area contributed by atoms with E-state index in [9.17, 15) is 13.6 Å². The van der Waals surface area contributed by atoms with Crippen molar-refractivity contribution in [2.24, 2.45) is 5.41 Å². The van der Waals surface area contributed by atoms with Crippen LogP contribution < -0.4 is 5.73 Å². The van der Waals surface area contributed by atoms with Gasteiger partial charge < -0.3 is 10.6 Å². The average molecular weight is 530 g/mol. The SMILES string of the molecule is C[C@@H](c1ccc(-c2nc([C@@H]3CC[C@@H]4N(C3)C(=O)CC4(C)C)n3ccnc(N)c23)cc1)c1cccc(C(F)F)c1. The van der Waals surface area contributed by atoms with Crippen LogP contribution in [0.4, 0.5) is 14.6 Å². The van der Waals surface area contributed by atoms with E-state index in [1.54, 1.807) is 18.3 Å². The number of piperidine rings is 1. The largest absolute Gasteiger partial charge is 0.382 e. The highest BCUT2D eigenvalue weighted by Gasteiger charge is 2.48. The second-order valence-electron chi connectivity index (χ2n) is 11.7. The predicted molar refractivity (Wildman–Crippen MR) is 148 cm³/mol. The van der Waals surface area contributed by atoms with E-state index in [4.69, 9.17) is 10.7 Å². The molecule has 4 aromatic rings. The van der Waals surface area contributed by atoms with Crippen molar-refractivity contribution in [2.75, 3.05) is 12.3 Å². The van der Waals surface area contributed by atoms with E-state index in [0.29, 0.717) is 18.8 Å². The van der Waals surface area contributed by atoms with Gasteiger partial charge in [0.15, 0.2) is 0 Å². The summed E-state index contributed by atoms with van der Waals surface area (Å²) in [6.07, 6.45) is 3.58. The van der Waals surface area contributed by atoms with Gasteiger partial charge in [0.2, 0.25) is 5.91 Å². The van der Waals surface area contributed by atoms with Gasteiger partial charge in [0.25, 0.3) is 6.43 Å². The maximum atomic E-state index is 13.2. The Balaban J connectivity index is 1.33. The molecule has 6 rings (SSSR count). The van der Waals surface area contributed by atoms with Crippen molar-refractivity contribution in [1.82, 2.24) is 19.3 Å². The summed E-state index contributed by atoms with van der Waals surface area (Å²) in [4.78, 5) is 24.3. The van der Waals surface area contributed by atoms with E-state index in [2.05, 4.69) is 23.7 Å². The van der Waals surface area contributed by atoms with Crippen molar-refractivity contribution in [3.8, 4) is 11.3 Å². The third kappa shape index (κ3) is 4.36. The normalized spacial score (nSPS) is 21.5. The Bertz CT molecular complexity index is 1540. The number of fused-ring (bicyclic) bond motifs is 2. The molecular formula is C31H33F2N5O. The first kappa shape index (κ1) is 25.5. The number of halogens is 2. The number of carbonyl (C=O) groups is 1. The highest BCUT2D eigenvalue weighted by Crippen LogP contribution is 2.45. The van der Waals surface area contributed by atoms with Gasteiger partial charge in [-0.2, -0.15) is 0 Å². The van der Waals surface area contributed by atoms with Crippen molar-refractivity contribution in [1.29, 1.82) is 0 Å². The van der Waals surface area contributed by atoms with E-state index in [0.717, 1.165) is 46.6 Å². The van der Waals surface area contributed by atoms with Gasteiger partial charge in [-0.25, -0.2) is 18.7 Å². The zero-order valence-corrected chi connectivity index (χ0v) is 22.4. The lowest BCUT2D eigenvalue weighted by Crippen LogP contribution is -2.44. The molecule has 0 bridgehead atoms. The van der Waals surface area contributed by atoms with E-state index in [1.165, 1.54) is 6.07 Å². The molecule has 3 atom stereocenters. The Hall–Kier alpha value is -3.81. The Labute approximate surface area is 226 Å². The second-order valence-corrected chi connectivity index (χ2v) is 11.7. The molecule has 6 nitrogen and oxygen atoms in total. The number of imidazole rings is 1. The van der Waals surface area contributed by atoms with Gasteiger partial charge in [0.05, 0.1) is 0 Å². The van der Waals surface area contributed by atoms with Crippen LogP contribution in [0.1, 0.15) is 80.8 Å². The first-order valence-corrected chi connectivity index (χ1v) is 13.5. The van der Waals surface area contributed by atoms with Gasteiger partial charge in [-0.3, -0.25) is 9.20 Å². The molecule has 2 N–H and O–H groups in total. The maximum absolute atomic E-state index is 13.2. The number of carbonyl (C=O) groups excluding carboxylic acids is 1. The van der Waals surface area contributed by atoms with Crippen LogP contribution in [0, 0.1) is 5.41 Å². The summed E-state index contributed by atoms with van der Waals surface area (Å²) in [6.45, 7) is 7.04. The molecule has 0 unspecified atom stereocenters. The zero-order chi connectivity index (χ0) is 27.5. The molecule has 2 aromatic heterocycles. The van der Waals surface area contributed by atoms with E-state index in [1.807, 2.05) is 47.9 Å². The van der Waals surface area contributed by atoms with Gasteiger partial charge in [-0.05, 0) is 35.4 Å². The standard InChI is InChI=1S/C31H33F2N5O/c1-18(21-5-4-6-22(15-21)28(32)33)19-7-9-20(10-8-19)26-27-29(34)35-13-14-37(27)30(36-26)23-11-12-24-31(2,3)16-25(39)38(24)17-23/h4-10,13-15,18,23-24,28H,11-12,16-17H2,1-3H3,(H2,34,35)/t18-,23+,24-/m0/s1. The first-order valence-electron chi connectivity index (χ1n) is 13.5. The summed E-state index contributed by atoms with van der Waals surface area (Å²) in [6, 6.07) is 14.9. The number of nitrogen functional groups attached to an aromatic ring is 1. The molecule has 1 amide bonds. The van der Waals surface area contributed by atoms with Crippen LogP contribution in [-0.4, -0.2) is 37.8 Å². The Morgan fingerprint density at radius 2 is 1.79 bits per heavy atom. The number of rotatable bonds is 5. The minimum atomic E-state index is -2.49.